The van der Waals surface area contributed by atoms with Gasteiger partial charge in [0, 0.05) is 17.5 Å². The molecule has 0 aliphatic carbocycles. The van der Waals surface area contributed by atoms with E-state index in [1.165, 1.54) is 11.3 Å². The number of ether oxygens (including phenoxy) is 1. The van der Waals surface area contributed by atoms with E-state index < -0.39 is 18.7 Å². The van der Waals surface area contributed by atoms with Gasteiger partial charge in [0.1, 0.15) is 17.1 Å². The second-order valence-electron chi connectivity index (χ2n) is 6.42. The Hall–Kier alpha value is -1.52. The molecule has 3 aromatic heterocycles. The van der Waals surface area contributed by atoms with Crippen LogP contribution >= 0.6 is 34.5 Å². The number of anilines is 1. The van der Waals surface area contributed by atoms with Crippen LogP contribution < -0.4 is 11.1 Å². The molecule has 1 fully saturated rings. The van der Waals surface area contributed by atoms with E-state index in [0.717, 1.165) is 15.9 Å². The molecule has 0 amide bonds. The number of aromatic nitrogens is 3. The van der Waals surface area contributed by atoms with Gasteiger partial charge in [-0.1, -0.05) is 17.7 Å². The lowest BCUT2D eigenvalue weighted by Crippen LogP contribution is -2.35. The largest absolute Gasteiger partial charge is 0.370 e. The van der Waals surface area contributed by atoms with Crippen LogP contribution in [-0.4, -0.2) is 27.2 Å². The van der Waals surface area contributed by atoms with Crippen molar-refractivity contribution in [2.75, 3.05) is 11.9 Å². The maximum absolute atomic E-state index is 14.1. The fraction of sp³-hybridized carbons (Fsp3) is 0.412. The van der Waals surface area contributed by atoms with Gasteiger partial charge in [-0.2, -0.15) is 13.8 Å². The molecule has 6 nitrogen and oxygen atoms in total. The summed E-state index contributed by atoms with van der Waals surface area (Å²) in [6, 6.07) is 3.39. The highest BCUT2D eigenvalue weighted by Crippen LogP contribution is 2.42. The summed E-state index contributed by atoms with van der Waals surface area (Å²) in [4.78, 5) is 9.24. The first kappa shape index (κ1) is 19.8. The zero-order valence-corrected chi connectivity index (χ0v) is 16.9. The van der Waals surface area contributed by atoms with Crippen molar-refractivity contribution in [2.45, 2.75) is 38.1 Å². The van der Waals surface area contributed by atoms with Crippen molar-refractivity contribution in [1.82, 2.24) is 14.5 Å². The Labute approximate surface area is 173 Å². The second-order valence-corrected chi connectivity index (χ2v) is 8.16. The van der Waals surface area contributed by atoms with Crippen LogP contribution in [0.15, 0.2) is 17.5 Å². The van der Waals surface area contributed by atoms with E-state index in [4.69, 9.17) is 33.7 Å². The molecular formula is C17H17Cl2F2N5OS. The number of nitrogens with zero attached hydrogens (tertiary/aromatic N) is 3. The molecule has 0 aromatic carbocycles. The topological polar surface area (TPSA) is 78.0 Å². The average molecular weight is 448 g/mol. The molecule has 0 bridgehead atoms. The van der Waals surface area contributed by atoms with Crippen molar-refractivity contribution in [1.29, 1.82) is 0 Å². The molecule has 4 heterocycles. The third-order valence-electron chi connectivity index (χ3n) is 4.63. The van der Waals surface area contributed by atoms with Gasteiger partial charge in [-0.15, -0.1) is 11.3 Å². The fourth-order valence-electron chi connectivity index (χ4n) is 3.41. The van der Waals surface area contributed by atoms with E-state index >= 15 is 0 Å². The molecule has 4 rings (SSSR count). The van der Waals surface area contributed by atoms with E-state index in [-0.39, 0.29) is 32.9 Å². The summed E-state index contributed by atoms with van der Waals surface area (Å²) < 4.78 is 34.8. The number of fused-ring (bicyclic) bond motifs is 1. The van der Waals surface area contributed by atoms with Crippen LogP contribution in [0.25, 0.3) is 11.0 Å². The summed E-state index contributed by atoms with van der Waals surface area (Å²) in [6.07, 6.45) is 0.666. The maximum Gasteiger partial charge on any atom is 0.319 e. The van der Waals surface area contributed by atoms with E-state index in [9.17, 15) is 8.78 Å². The minimum Gasteiger partial charge on any atom is -0.370 e. The Bertz CT molecular complexity index is 982. The minimum absolute atomic E-state index is 0.0566. The summed E-state index contributed by atoms with van der Waals surface area (Å²) in [6.45, 7) is -2.05. The van der Waals surface area contributed by atoms with Crippen molar-refractivity contribution in [3.8, 4) is 0 Å². The fourth-order valence-corrected chi connectivity index (χ4v) is 4.56. The van der Waals surface area contributed by atoms with Crippen LogP contribution in [0.3, 0.4) is 0 Å². The van der Waals surface area contributed by atoms with Crippen molar-refractivity contribution >= 4 is 51.4 Å². The molecular weight excluding hydrogens is 431 g/mol. The van der Waals surface area contributed by atoms with Gasteiger partial charge < -0.3 is 15.8 Å². The zero-order valence-electron chi connectivity index (χ0n) is 14.5. The lowest BCUT2D eigenvalue weighted by molar-refractivity contribution is -0.0141. The summed E-state index contributed by atoms with van der Waals surface area (Å²) in [7, 11) is 0. The molecule has 3 aromatic rings. The highest BCUT2D eigenvalue weighted by atomic mass is 35.5. The van der Waals surface area contributed by atoms with Crippen LogP contribution in [-0.2, 0) is 11.3 Å². The van der Waals surface area contributed by atoms with E-state index in [1.807, 2.05) is 17.5 Å². The van der Waals surface area contributed by atoms with Gasteiger partial charge in [0.15, 0.2) is 5.82 Å². The summed E-state index contributed by atoms with van der Waals surface area (Å²) in [5, 5.41) is 4.97. The van der Waals surface area contributed by atoms with Gasteiger partial charge in [0.25, 0.3) is 0 Å². The van der Waals surface area contributed by atoms with Gasteiger partial charge in [0.2, 0.25) is 5.28 Å². The lowest BCUT2D eigenvalue weighted by Gasteiger charge is -2.30. The average Bonchev–Trinajstić information content (AvgIpc) is 3.27. The molecule has 1 aliphatic rings. The first-order valence-corrected chi connectivity index (χ1v) is 10.3. The van der Waals surface area contributed by atoms with Crippen LogP contribution in [0.5, 0.6) is 0 Å². The SMILES string of the molecule is N[C@H]1CCCO[C@@H]1c1c(Cl)c2nc(Cl)nc(NCc3cccs3)c2n1C(F)F. The third-order valence-corrected chi connectivity index (χ3v) is 6.05. The number of nitrogens with one attached hydrogen (secondary N) is 1. The van der Waals surface area contributed by atoms with Crippen LogP contribution in [0, 0.1) is 0 Å². The number of thiophene rings is 1. The smallest absolute Gasteiger partial charge is 0.319 e. The number of nitrogens with two attached hydrogens (primary N) is 1. The Morgan fingerprint density at radius 3 is 2.89 bits per heavy atom. The van der Waals surface area contributed by atoms with Gasteiger partial charge in [0.05, 0.1) is 17.3 Å². The zero-order chi connectivity index (χ0) is 19.8. The molecule has 1 aliphatic heterocycles. The number of hydrogen-bond acceptors (Lipinski definition) is 6. The Balaban J connectivity index is 1.87. The molecule has 0 unspecified atom stereocenters. The molecule has 11 heteroatoms. The summed E-state index contributed by atoms with van der Waals surface area (Å²) in [5.74, 6) is 0.182. The van der Waals surface area contributed by atoms with Crippen LogP contribution in [0.4, 0.5) is 14.6 Å². The minimum atomic E-state index is -2.88. The van der Waals surface area contributed by atoms with Gasteiger partial charge in [-0.3, -0.25) is 4.57 Å². The number of alkyl halides is 2. The molecule has 1 saturated heterocycles. The van der Waals surface area contributed by atoms with E-state index in [0.29, 0.717) is 19.6 Å². The van der Waals surface area contributed by atoms with Crippen LogP contribution in [0.2, 0.25) is 10.3 Å². The molecule has 0 radical (unpaired) electrons. The van der Waals surface area contributed by atoms with Crippen molar-refractivity contribution in [3.05, 3.63) is 38.4 Å². The van der Waals surface area contributed by atoms with E-state index in [1.54, 1.807) is 0 Å². The van der Waals surface area contributed by atoms with Crippen molar-refractivity contribution in [2.24, 2.45) is 5.73 Å². The molecule has 28 heavy (non-hydrogen) atoms. The van der Waals surface area contributed by atoms with Gasteiger partial charge in [-0.05, 0) is 35.9 Å². The summed E-state index contributed by atoms with van der Waals surface area (Å²) in [5.41, 5.74) is 6.48. The number of hydrogen-bond donors (Lipinski definition) is 2. The van der Waals surface area contributed by atoms with E-state index in [2.05, 4.69) is 15.3 Å². The molecule has 0 spiro atoms. The normalized spacial score (nSPS) is 20.2. The van der Waals surface area contributed by atoms with Crippen molar-refractivity contribution in [3.63, 3.8) is 0 Å². The summed E-state index contributed by atoms with van der Waals surface area (Å²) >= 11 is 14.1. The predicted octanol–water partition coefficient (Wildman–Crippen LogP) is 4.99. The molecule has 150 valence electrons. The van der Waals surface area contributed by atoms with Gasteiger partial charge in [-0.25, -0.2) is 4.98 Å². The quantitative estimate of drug-likeness (QED) is 0.538. The first-order chi connectivity index (χ1) is 13.5. The highest BCUT2D eigenvalue weighted by Gasteiger charge is 2.35. The molecule has 2 atom stereocenters. The number of halogens is 4. The first-order valence-electron chi connectivity index (χ1n) is 8.65. The Morgan fingerprint density at radius 2 is 2.21 bits per heavy atom. The lowest BCUT2D eigenvalue weighted by atomic mass is 10.0. The Morgan fingerprint density at radius 1 is 1.39 bits per heavy atom. The maximum atomic E-state index is 14.1. The monoisotopic (exact) mass is 447 g/mol. The van der Waals surface area contributed by atoms with Crippen LogP contribution in [0.1, 0.15) is 36.1 Å². The number of rotatable bonds is 5. The van der Waals surface area contributed by atoms with Crippen molar-refractivity contribution < 1.29 is 13.5 Å². The molecule has 0 saturated carbocycles. The third kappa shape index (κ3) is 3.57. The Kier molecular flexibility index (Phi) is 5.71. The van der Waals surface area contributed by atoms with Gasteiger partial charge >= 0.3 is 6.55 Å². The highest BCUT2D eigenvalue weighted by molar-refractivity contribution is 7.09. The predicted molar refractivity (Wildman–Crippen MR) is 106 cm³/mol. The standard InChI is InChI=1S/C17H17Cl2F2N5OS/c18-10-11-13(15(25-16(19)24-11)23-7-8-3-2-6-28-8)26(17(20)21)12(10)14-9(22)4-1-5-27-14/h2-3,6,9,14,17H,1,4-5,7,22H2,(H,23,24,25)/t9-,14-/m0/s1. The second kappa shape index (κ2) is 8.08. The molecule has 3 N–H and O–H groups in total.